The first-order valence-electron chi connectivity index (χ1n) is 6.60. The van der Waals surface area contributed by atoms with Gasteiger partial charge in [-0.05, 0) is 47.5 Å². The predicted molar refractivity (Wildman–Crippen MR) is 78.5 cm³/mol. The lowest BCUT2D eigenvalue weighted by Crippen LogP contribution is -2.25. The van der Waals surface area contributed by atoms with E-state index in [1.807, 2.05) is 6.92 Å². The van der Waals surface area contributed by atoms with E-state index >= 15 is 0 Å². The Balaban J connectivity index is 2.01. The van der Waals surface area contributed by atoms with Crippen LogP contribution in [-0.4, -0.2) is 30.0 Å². The number of aromatic nitrogens is 2. The maximum absolute atomic E-state index is 11.9. The highest BCUT2D eigenvalue weighted by Crippen LogP contribution is 2.48. The fourth-order valence-electron chi connectivity index (χ4n) is 2.11. The number of ether oxygens (including phenoxy) is 1. The van der Waals surface area contributed by atoms with Crippen molar-refractivity contribution in [1.82, 2.24) is 9.78 Å². The first kappa shape index (κ1) is 14.5. The van der Waals surface area contributed by atoms with Gasteiger partial charge in [-0.25, -0.2) is 4.68 Å². The van der Waals surface area contributed by atoms with Gasteiger partial charge >= 0.3 is 0 Å². The molecule has 1 aromatic heterocycles. The van der Waals surface area contributed by atoms with Crippen LogP contribution < -0.4 is 10.9 Å². The summed E-state index contributed by atoms with van der Waals surface area (Å²) >= 11 is 3.35. The normalized spacial score (nSPS) is 16.4. The third-order valence-electron chi connectivity index (χ3n) is 3.73. The van der Waals surface area contributed by atoms with Crippen LogP contribution >= 0.6 is 15.9 Å². The second-order valence-corrected chi connectivity index (χ2v) is 5.88. The minimum Gasteiger partial charge on any atom is -0.385 e. The molecule has 0 unspecified atom stereocenters. The third-order valence-corrected chi connectivity index (χ3v) is 4.50. The highest BCUT2D eigenvalue weighted by Gasteiger charge is 2.41. The van der Waals surface area contributed by atoms with Gasteiger partial charge in [0.2, 0.25) is 0 Å². The van der Waals surface area contributed by atoms with E-state index in [1.54, 1.807) is 13.3 Å². The summed E-state index contributed by atoms with van der Waals surface area (Å²) in [6.07, 6.45) is 5.22. The molecule has 1 aliphatic rings. The minimum absolute atomic E-state index is 0.0887. The number of hydrogen-bond acceptors (Lipinski definition) is 4. The van der Waals surface area contributed by atoms with Crippen molar-refractivity contribution in [2.24, 2.45) is 5.41 Å². The monoisotopic (exact) mass is 329 g/mol. The molecule has 1 aliphatic carbocycles. The molecule has 0 radical (unpaired) electrons. The number of methoxy groups -OCH3 is 1. The van der Waals surface area contributed by atoms with E-state index in [4.69, 9.17) is 4.74 Å². The Morgan fingerprint density at radius 2 is 2.32 bits per heavy atom. The fraction of sp³-hybridized carbons (Fsp3) is 0.692. The highest BCUT2D eigenvalue weighted by molar-refractivity contribution is 9.10. The Morgan fingerprint density at radius 3 is 2.89 bits per heavy atom. The van der Waals surface area contributed by atoms with Gasteiger partial charge in [-0.15, -0.1) is 0 Å². The Morgan fingerprint density at radius 1 is 1.58 bits per heavy atom. The average Bonchev–Trinajstić information content (AvgIpc) is 3.19. The van der Waals surface area contributed by atoms with E-state index in [0.717, 1.165) is 25.3 Å². The number of nitrogens with zero attached hydrogens (tertiary/aromatic N) is 2. The van der Waals surface area contributed by atoms with Gasteiger partial charge in [0.15, 0.2) is 0 Å². The van der Waals surface area contributed by atoms with Crippen molar-refractivity contribution in [3.8, 4) is 0 Å². The van der Waals surface area contributed by atoms with E-state index in [-0.39, 0.29) is 5.56 Å². The zero-order valence-corrected chi connectivity index (χ0v) is 13.0. The lowest BCUT2D eigenvalue weighted by Gasteiger charge is -2.17. The minimum atomic E-state index is -0.0887. The summed E-state index contributed by atoms with van der Waals surface area (Å²) < 4.78 is 7.14. The molecule has 1 fully saturated rings. The van der Waals surface area contributed by atoms with Crippen molar-refractivity contribution in [2.45, 2.75) is 32.7 Å². The molecule has 106 valence electrons. The SMILES string of the molecule is CCn1ncc(NCC2(CCOC)CC2)c(Br)c1=O. The van der Waals surface area contributed by atoms with E-state index in [2.05, 4.69) is 26.3 Å². The van der Waals surface area contributed by atoms with Gasteiger partial charge in [0, 0.05) is 26.8 Å². The molecule has 0 saturated heterocycles. The lowest BCUT2D eigenvalue weighted by atomic mass is 10.0. The first-order chi connectivity index (χ1) is 9.12. The summed E-state index contributed by atoms with van der Waals surface area (Å²) in [5, 5.41) is 7.47. The molecule has 0 aromatic carbocycles. The van der Waals surface area contributed by atoms with Crippen molar-refractivity contribution in [2.75, 3.05) is 25.6 Å². The standard InChI is InChI=1S/C13H20BrN3O2/c1-3-17-12(18)11(14)10(8-16-17)15-9-13(4-5-13)6-7-19-2/h8,15H,3-7,9H2,1-2H3. The summed E-state index contributed by atoms with van der Waals surface area (Å²) in [4.78, 5) is 11.9. The van der Waals surface area contributed by atoms with Crippen LogP contribution in [0.15, 0.2) is 15.5 Å². The Kier molecular flexibility index (Phi) is 4.62. The van der Waals surface area contributed by atoms with Crippen LogP contribution in [0.4, 0.5) is 5.69 Å². The topological polar surface area (TPSA) is 56.1 Å². The van der Waals surface area contributed by atoms with E-state index in [9.17, 15) is 4.79 Å². The molecule has 5 nitrogen and oxygen atoms in total. The van der Waals surface area contributed by atoms with Gasteiger partial charge in [-0.2, -0.15) is 5.10 Å². The molecule has 1 N–H and O–H groups in total. The average molecular weight is 330 g/mol. The summed E-state index contributed by atoms with van der Waals surface area (Å²) in [5.41, 5.74) is 1.03. The van der Waals surface area contributed by atoms with Crippen molar-refractivity contribution in [3.63, 3.8) is 0 Å². The summed E-state index contributed by atoms with van der Waals surface area (Å²) in [7, 11) is 1.73. The Bertz CT molecular complexity index is 497. The zero-order valence-electron chi connectivity index (χ0n) is 11.4. The van der Waals surface area contributed by atoms with Crippen molar-refractivity contribution in [1.29, 1.82) is 0 Å². The van der Waals surface area contributed by atoms with Crippen molar-refractivity contribution in [3.05, 3.63) is 21.0 Å². The second-order valence-electron chi connectivity index (χ2n) is 5.09. The van der Waals surface area contributed by atoms with Crippen LogP contribution in [0.3, 0.4) is 0 Å². The van der Waals surface area contributed by atoms with Crippen LogP contribution in [0.2, 0.25) is 0 Å². The number of nitrogens with one attached hydrogen (secondary N) is 1. The summed E-state index contributed by atoms with van der Waals surface area (Å²) in [5.74, 6) is 0. The van der Waals surface area contributed by atoms with Crippen LogP contribution in [-0.2, 0) is 11.3 Å². The van der Waals surface area contributed by atoms with Gasteiger partial charge in [0.1, 0.15) is 4.47 Å². The molecule has 2 rings (SSSR count). The number of halogens is 1. The van der Waals surface area contributed by atoms with Crippen LogP contribution in [0.25, 0.3) is 0 Å². The molecular formula is C13H20BrN3O2. The van der Waals surface area contributed by atoms with Crippen LogP contribution in [0, 0.1) is 5.41 Å². The molecule has 0 atom stereocenters. The van der Waals surface area contributed by atoms with Crippen LogP contribution in [0.5, 0.6) is 0 Å². The fourth-order valence-corrected chi connectivity index (χ4v) is 2.55. The number of aryl methyl sites for hydroxylation is 1. The molecule has 0 amide bonds. The Hall–Kier alpha value is -0.880. The molecule has 1 heterocycles. The lowest BCUT2D eigenvalue weighted by molar-refractivity contribution is 0.175. The third kappa shape index (κ3) is 3.36. The van der Waals surface area contributed by atoms with Gasteiger partial charge in [-0.1, -0.05) is 0 Å². The summed E-state index contributed by atoms with van der Waals surface area (Å²) in [6, 6.07) is 0. The number of hydrogen-bond donors (Lipinski definition) is 1. The molecule has 0 aliphatic heterocycles. The van der Waals surface area contributed by atoms with E-state index < -0.39 is 0 Å². The molecule has 0 bridgehead atoms. The van der Waals surface area contributed by atoms with Gasteiger partial charge in [0.05, 0.1) is 11.9 Å². The highest BCUT2D eigenvalue weighted by atomic mass is 79.9. The molecule has 1 aromatic rings. The zero-order chi connectivity index (χ0) is 13.9. The maximum atomic E-state index is 11.9. The van der Waals surface area contributed by atoms with E-state index in [0.29, 0.717) is 16.4 Å². The second kappa shape index (κ2) is 6.05. The van der Waals surface area contributed by atoms with Crippen molar-refractivity contribution >= 4 is 21.6 Å². The molecule has 19 heavy (non-hydrogen) atoms. The molecular weight excluding hydrogens is 310 g/mol. The van der Waals surface area contributed by atoms with Gasteiger partial charge in [0.25, 0.3) is 5.56 Å². The van der Waals surface area contributed by atoms with Gasteiger partial charge < -0.3 is 10.1 Å². The molecule has 1 saturated carbocycles. The maximum Gasteiger partial charge on any atom is 0.283 e. The Labute approximate surface area is 121 Å². The number of rotatable bonds is 7. The molecule has 6 heteroatoms. The van der Waals surface area contributed by atoms with E-state index in [1.165, 1.54) is 17.5 Å². The van der Waals surface area contributed by atoms with Crippen molar-refractivity contribution < 1.29 is 4.74 Å². The summed E-state index contributed by atoms with van der Waals surface area (Å²) in [6.45, 7) is 4.14. The van der Waals surface area contributed by atoms with Gasteiger partial charge in [-0.3, -0.25) is 4.79 Å². The van der Waals surface area contributed by atoms with Crippen LogP contribution in [0.1, 0.15) is 26.2 Å². The predicted octanol–water partition coefficient (Wildman–Crippen LogP) is 2.25. The number of anilines is 1. The quantitative estimate of drug-likeness (QED) is 0.833. The molecule has 0 spiro atoms. The smallest absolute Gasteiger partial charge is 0.283 e. The largest absolute Gasteiger partial charge is 0.385 e. The first-order valence-corrected chi connectivity index (χ1v) is 7.39.